The fourth-order valence-electron chi connectivity index (χ4n) is 3.77. The van der Waals surface area contributed by atoms with E-state index < -0.39 is 6.04 Å². The number of tetrazole rings is 1. The number of halogens is 1. The number of benzene rings is 2. The smallest absolute Gasteiger partial charge is 0.249 e. The summed E-state index contributed by atoms with van der Waals surface area (Å²) >= 11 is 6.57. The number of likely N-dealkylation sites (N-methyl/N-ethyl adjacent to an activating group) is 1. The molecule has 9 heteroatoms. The van der Waals surface area contributed by atoms with Crippen molar-refractivity contribution in [3.63, 3.8) is 0 Å². The third-order valence-electron chi connectivity index (χ3n) is 5.59. The van der Waals surface area contributed by atoms with E-state index in [1.807, 2.05) is 42.5 Å². The summed E-state index contributed by atoms with van der Waals surface area (Å²) in [5.74, 6) is 0.391. The van der Waals surface area contributed by atoms with Gasteiger partial charge in [0.1, 0.15) is 11.9 Å². The number of hydrogen-bond acceptors (Lipinski definition) is 6. The zero-order chi connectivity index (χ0) is 21.8. The molecule has 1 aliphatic heterocycles. The number of piperazine rings is 1. The molecule has 0 saturated carbocycles. The van der Waals surface area contributed by atoms with Crippen molar-refractivity contribution in [2.75, 3.05) is 43.4 Å². The molecule has 3 aromatic rings. The van der Waals surface area contributed by atoms with E-state index in [1.54, 1.807) is 17.7 Å². The number of carbonyl (C=O) groups is 1. The first-order valence-electron chi connectivity index (χ1n) is 10.3. The second-order valence-corrected chi connectivity index (χ2v) is 8.23. The van der Waals surface area contributed by atoms with Crippen LogP contribution in [0.3, 0.4) is 0 Å². The van der Waals surface area contributed by atoms with Crippen LogP contribution in [0, 0.1) is 6.92 Å². The number of nitrogens with one attached hydrogen (secondary N) is 1. The summed E-state index contributed by atoms with van der Waals surface area (Å²) in [6, 6.07) is 14.9. The number of hydrogen-bond donors (Lipinski definition) is 1. The zero-order valence-electron chi connectivity index (χ0n) is 17.7. The molecular formula is C22H26ClN7O. The van der Waals surface area contributed by atoms with Gasteiger partial charge in [0.15, 0.2) is 0 Å². The van der Waals surface area contributed by atoms with Crippen LogP contribution in [-0.2, 0) is 11.2 Å². The largest absolute Gasteiger partial charge is 0.368 e. The molecule has 162 valence electrons. The Morgan fingerprint density at radius 3 is 2.52 bits per heavy atom. The van der Waals surface area contributed by atoms with Gasteiger partial charge in [-0.3, -0.25) is 4.79 Å². The highest BCUT2D eigenvalue weighted by Crippen LogP contribution is 2.30. The van der Waals surface area contributed by atoms with Crippen LogP contribution < -0.4 is 10.2 Å². The number of anilines is 2. The molecule has 0 aliphatic carbocycles. The lowest BCUT2D eigenvalue weighted by atomic mass is 10.1. The van der Waals surface area contributed by atoms with E-state index in [2.05, 4.69) is 37.7 Å². The molecule has 1 amide bonds. The third-order valence-corrected chi connectivity index (χ3v) is 5.89. The number of carbonyl (C=O) groups excluding carboxylic acids is 1. The first-order chi connectivity index (χ1) is 15.0. The van der Waals surface area contributed by atoms with Crippen LogP contribution in [0.2, 0.25) is 5.02 Å². The van der Waals surface area contributed by atoms with Crippen LogP contribution in [0.4, 0.5) is 11.4 Å². The fraction of sp³-hybridized carbons (Fsp3) is 0.364. The summed E-state index contributed by atoms with van der Waals surface area (Å²) < 4.78 is 1.56. The molecule has 2 aromatic carbocycles. The molecule has 1 fully saturated rings. The quantitative estimate of drug-likeness (QED) is 0.636. The molecule has 1 unspecified atom stereocenters. The summed E-state index contributed by atoms with van der Waals surface area (Å²) in [6.45, 7) is 5.65. The van der Waals surface area contributed by atoms with Crippen LogP contribution in [0.15, 0.2) is 48.5 Å². The molecule has 0 bridgehead atoms. The average molecular weight is 440 g/mol. The number of rotatable bonds is 6. The summed E-state index contributed by atoms with van der Waals surface area (Å²) in [4.78, 5) is 17.8. The molecule has 1 atom stereocenters. The first-order valence-corrected chi connectivity index (χ1v) is 10.7. The molecule has 0 radical (unpaired) electrons. The predicted octanol–water partition coefficient (Wildman–Crippen LogP) is 2.81. The van der Waals surface area contributed by atoms with E-state index >= 15 is 0 Å². The first kappa shape index (κ1) is 21.3. The van der Waals surface area contributed by atoms with Crippen molar-refractivity contribution in [1.29, 1.82) is 0 Å². The van der Waals surface area contributed by atoms with Crippen LogP contribution in [0.5, 0.6) is 0 Å². The molecular weight excluding hydrogens is 414 g/mol. The minimum absolute atomic E-state index is 0.192. The van der Waals surface area contributed by atoms with Gasteiger partial charge in [0, 0.05) is 38.3 Å². The normalized spacial score (nSPS) is 15.6. The Labute approximate surface area is 186 Å². The Morgan fingerprint density at radius 1 is 1.13 bits per heavy atom. The lowest BCUT2D eigenvalue weighted by Crippen LogP contribution is -2.44. The van der Waals surface area contributed by atoms with Crippen molar-refractivity contribution in [3.05, 3.63) is 64.9 Å². The maximum absolute atomic E-state index is 13.2. The Kier molecular flexibility index (Phi) is 6.48. The van der Waals surface area contributed by atoms with Gasteiger partial charge in [-0.2, -0.15) is 0 Å². The maximum atomic E-state index is 13.2. The SMILES string of the molecule is Cc1nnnn1C(Cc1ccccc1)C(=O)Nc1ccc(N2CCN(C)CC2)c(Cl)c1. The van der Waals surface area contributed by atoms with Gasteiger partial charge >= 0.3 is 0 Å². The molecule has 1 aromatic heterocycles. The second kappa shape index (κ2) is 9.45. The number of amides is 1. The highest BCUT2D eigenvalue weighted by Gasteiger charge is 2.25. The molecule has 0 spiro atoms. The Morgan fingerprint density at radius 2 is 1.87 bits per heavy atom. The van der Waals surface area contributed by atoms with Crippen LogP contribution >= 0.6 is 11.6 Å². The summed E-state index contributed by atoms with van der Waals surface area (Å²) in [6.07, 6.45) is 0.478. The van der Waals surface area contributed by atoms with Crippen LogP contribution in [0.25, 0.3) is 0 Å². The highest BCUT2D eigenvalue weighted by molar-refractivity contribution is 6.33. The van der Waals surface area contributed by atoms with Crippen molar-refractivity contribution in [2.24, 2.45) is 0 Å². The second-order valence-electron chi connectivity index (χ2n) is 7.82. The Balaban J connectivity index is 1.51. The van der Waals surface area contributed by atoms with E-state index in [-0.39, 0.29) is 5.91 Å². The summed E-state index contributed by atoms with van der Waals surface area (Å²) in [5.41, 5.74) is 2.67. The molecule has 1 aliphatic rings. The Bertz CT molecular complexity index is 1030. The highest BCUT2D eigenvalue weighted by atomic mass is 35.5. The van der Waals surface area contributed by atoms with E-state index in [9.17, 15) is 4.79 Å². The molecule has 4 rings (SSSR count). The standard InChI is InChI=1S/C22H26ClN7O/c1-16-25-26-27-30(16)21(14-17-6-4-3-5-7-17)22(31)24-18-8-9-20(19(23)15-18)29-12-10-28(2)11-13-29/h3-9,15,21H,10-14H2,1-2H3,(H,24,31). The van der Waals surface area contributed by atoms with E-state index in [4.69, 9.17) is 11.6 Å². The van der Waals surface area contributed by atoms with Crippen molar-refractivity contribution < 1.29 is 4.79 Å². The lowest BCUT2D eigenvalue weighted by Gasteiger charge is -2.34. The predicted molar refractivity (Wildman–Crippen MR) is 122 cm³/mol. The monoisotopic (exact) mass is 439 g/mol. The van der Waals surface area contributed by atoms with Gasteiger partial charge in [-0.25, -0.2) is 4.68 Å². The van der Waals surface area contributed by atoms with Crippen molar-refractivity contribution in [3.8, 4) is 0 Å². The van der Waals surface area contributed by atoms with E-state index in [1.165, 1.54) is 0 Å². The van der Waals surface area contributed by atoms with Crippen molar-refractivity contribution in [2.45, 2.75) is 19.4 Å². The topological polar surface area (TPSA) is 79.2 Å². The lowest BCUT2D eigenvalue weighted by molar-refractivity contribution is -0.119. The van der Waals surface area contributed by atoms with Gasteiger partial charge in [-0.1, -0.05) is 41.9 Å². The minimum Gasteiger partial charge on any atom is -0.368 e. The van der Waals surface area contributed by atoms with Gasteiger partial charge in [0.05, 0.1) is 10.7 Å². The molecule has 1 N–H and O–H groups in total. The molecule has 8 nitrogen and oxygen atoms in total. The average Bonchev–Trinajstić information content (AvgIpc) is 3.19. The van der Waals surface area contributed by atoms with Gasteiger partial charge in [0.2, 0.25) is 5.91 Å². The molecule has 1 saturated heterocycles. The third kappa shape index (κ3) is 5.03. The minimum atomic E-state index is -0.575. The molecule has 2 heterocycles. The van der Waals surface area contributed by atoms with Crippen LogP contribution in [-0.4, -0.2) is 64.2 Å². The summed E-state index contributed by atoms with van der Waals surface area (Å²) in [5, 5.41) is 15.3. The van der Waals surface area contributed by atoms with Gasteiger partial charge in [-0.05, 0) is 48.2 Å². The number of aryl methyl sites for hydroxylation is 1. The van der Waals surface area contributed by atoms with Gasteiger partial charge in [0.25, 0.3) is 0 Å². The number of nitrogens with zero attached hydrogens (tertiary/aromatic N) is 6. The van der Waals surface area contributed by atoms with Crippen molar-refractivity contribution in [1.82, 2.24) is 25.1 Å². The van der Waals surface area contributed by atoms with E-state index in [0.717, 1.165) is 37.4 Å². The fourth-order valence-corrected chi connectivity index (χ4v) is 4.07. The van der Waals surface area contributed by atoms with Gasteiger partial charge in [-0.15, -0.1) is 5.10 Å². The zero-order valence-corrected chi connectivity index (χ0v) is 18.5. The van der Waals surface area contributed by atoms with E-state index in [0.29, 0.717) is 23.0 Å². The van der Waals surface area contributed by atoms with Gasteiger partial charge < -0.3 is 15.1 Å². The molecule has 31 heavy (non-hydrogen) atoms. The number of aromatic nitrogens is 4. The Hall–Kier alpha value is -2.97. The van der Waals surface area contributed by atoms with Crippen LogP contribution in [0.1, 0.15) is 17.4 Å². The maximum Gasteiger partial charge on any atom is 0.249 e. The van der Waals surface area contributed by atoms with Crippen molar-refractivity contribution >= 4 is 28.9 Å². The summed E-state index contributed by atoms with van der Waals surface area (Å²) in [7, 11) is 2.12.